The molecule has 0 bridgehead atoms. The molecule has 11 rings (SSSR count). The van der Waals surface area contributed by atoms with Crippen LogP contribution in [0.5, 0.6) is 0 Å². The van der Waals surface area contributed by atoms with Gasteiger partial charge in [-0.2, -0.15) is 0 Å². The molecule has 2 aromatic heterocycles. The standard InChI is InChI=1S/C55H40N2/c1-37-31-55-51(36-48(37)39-17-7-3-8-18-39)50-35-44(43-27-29-53-49(34-43)47-25-11-12-26-52(47)56(53)45-22-9-4-10-23-45)28-30-54(50)57(55)46-24-14-21-42(33-46)41-20-13-19-40(32-41)38-15-5-2-6-16-38/h2-30,32-37H,31H2,1H3. The quantitative estimate of drug-likeness (QED) is 0.161. The van der Waals surface area contributed by atoms with Gasteiger partial charge in [0.2, 0.25) is 0 Å². The molecule has 0 radical (unpaired) electrons. The van der Waals surface area contributed by atoms with Gasteiger partial charge in [0.15, 0.2) is 0 Å². The van der Waals surface area contributed by atoms with Crippen LogP contribution < -0.4 is 0 Å². The summed E-state index contributed by atoms with van der Waals surface area (Å²) in [6.45, 7) is 2.38. The zero-order valence-corrected chi connectivity index (χ0v) is 31.8. The number of hydrogen-bond donors (Lipinski definition) is 0. The van der Waals surface area contributed by atoms with Gasteiger partial charge in [0.25, 0.3) is 0 Å². The highest BCUT2D eigenvalue weighted by atomic mass is 15.0. The minimum absolute atomic E-state index is 0.373. The molecule has 2 heteroatoms. The van der Waals surface area contributed by atoms with E-state index in [0.29, 0.717) is 5.92 Å². The molecule has 8 aromatic carbocycles. The highest BCUT2D eigenvalue weighted by molar-refractivity contribution is 6.11. The summed E-state index contributed by atoms with van der Waals surface area (Å²) >= 11 is 0. The topological polar surface area (TPSA) is 9.86 Å². The first-order valence-corrected chi connectivity index (χ1v) is 20.0. The second-order valence-corrected chi connectivity index (χ2v) is 15.4. The molecule has 0 saturated carbocycles. The van der Waals surface area contributed by atoms with Gasteiger partial charge in [-0.1, -0.05) is 146 Å². The van der Waals surface area contributed by atoms with Crippen molar-refractivity contribution in [2.75, 3.05) is 0 Å². The first kappa shape index (κ1) is 33.2. The number of hydrogen-bond acceptors (Lipinski definition) is 0. The maximum atomic E-state index is 2.53. The van der Waals surface area contributed by atoms with Crippen LogP contribution in [0.1, 0.15) is 23.7 Å². The van der Waals surface area contributed by atoms with Crippen LogP contribution in [-0.2, 0) is 6.42 Å². The Morgan fingerprint density at radius 3 is 1.61 bits per heavy atom. The minimum Gasteiger partial charge on any atom is -0.313 e. The number of aromatic nitrogens is 2. The van der Waals surface area contributed by atoms with Crippen LogP contribution in [-0.4, -0.2) is 9.13 Å². The smallest absolute Gasteiger partial charge is 0.0541 e. The Kier molecular flexibility index (Phi) is 7.89. The molecule has 0 spiro atoms. The lowest BCUT2D eigenvalue weighted by Crippen LogP contribution is -2.12. The fourth-order valence-electron chi connectivity index (χ4n) is 9.24. The van der Waals surface area contributed by atoms with Crippen molar-refractivity contribution in [2.45, 2.75) is 13.3 Å². The molecule has 1 unspecified atom stereocenters. The third-order valence-electron chi connectivity index (χ3n) is 12.0. The van der Waals surface area contributed by atoms with Crippen molar-refractivity contribution in [3.05, 3.63) is 217 Å². The Morgan fingerprint density at radius 2 is 0.877 bits per heavy atom. The summed E-state index contributed by atoms with van der Waals surface area (Å²) in [6.07, 6.45) is 3.43. The molecule has 2 heterocycles. The minimum atomic E-state index is 0.373. The Balaban J connectivity index is 1.09. The highest BCUT2D eigenvalue weighted by Gasteiger charge is 2.26. The number of rotatable bonds is 6. The van der Waals surface area contributed by atoms with Crippen LogP contribution in [0.15, 0.2) is 200 Å². The first-order valence-electron chi connectivity index (χ1n) is 20.0. The molecule has 0 N–H and O–H groups in total. The van der Waals surface area contributed by atoms with Gasteiger partial charge in [-0.05, 0) is 124 Å². The van der Waals surface area contributed by atoms with E-state index in [2.05, 4.69) is 222 Å². The molecule has 0 aliphatic heterocycles. The molecular formula is C55H40N2. The lowest BCUT2D eigenvalue weighted by atomic mass is 9.83. The Labute approximate surface area is 333 Å². The lowest BCUT2D eigenvalue weighted by molar-refractivity contribution is 0.708. The summed E-state index contributed by atoms with van der Waals surface area (Å²) in [5.74, 6) is 0.373. The van der Waals surface area contributed by atoms with Crippen LogP contribution in [0.25, 0.3) is 89.1 Å². The number of allylic oxidation sites excluding steroid dienone is 1. The average molecular weight is 729 g/mol. The van der Waals surface area contributed by atoms with Gasteiger partial charge in [0.05, 0.1) is 16.6 Å². The Morgan fingerprint density at radius 1 is 0.368 bits per heavy atom. The van der Waals surface area contributed by atoms with Crippen molar-refractivity contribution in [1.29, 1.82) is 0 Å². The molecule has 1 atom stereocenters. The van der Waals surface area contributed by atoms with Gasteiger partial charge in [-0.15, -0.1) is 0 Å². The number of fused-ring (bicyclic) bond motifs is 6. The van der Waals surface area contributed by atoms with E-state index >= 15 is 0 Å². The summed E-state index contributed by atoms with van der Waals surface area (Å²) in [7, 11) is 0. The van der Waals surface area contributed by atoms with Crippen LogP contribution >= 0.6 is 0 Å². The number of benzene rings is 8. The van der Waals surface area contributed by atoms with Crippen LogP contribution in [0.3, 0.4) is 0 Å². The SMILES string of the molecule is CC1Cc2c(c3cc(-c4ccc5c(c4)c4ccccc4n5-c4ccccc4)ccc3n2-c2cccc(-c3cccc(-c4ccccc4)c3)c2)C=C1c1ccccc1. The molecule has 1 aliphatic rings. The van der Waals surface area contributed by atoms with Gasteiger partial charge >= 0.3 is 0 Å². The summed E-state index contributed by atoms with van der Waals surface area (Å²) < 4.78 is 4.92. The monoisotopic (exact) mass is 728 g/mol. The summed E-state index contributed by atoms with van der Waals surface area (Å²) in [5, 5.41) is 3.81. The Bertz CT molecular complexity index is 3140. The van der Waals surface area contributed by atoms with Gasteiger partial charge in [-0.3, -0.25) is 0 Å². The van der Waals surface area contributed by atoms with Crippen molar-refractivity contribution >= 4 is 44.4 Å². The zero-order valence-electron chi connectivity index (χ0n) is 31.8. The number of nitrogens with zero attached hydrogens (tertiary/aromatic N) is 2. The predicted octanol–water partition coefficient (Wildman–Crippen LogP) is 14.5. The summed E-state index contributed by atoms with van der Waals surface area (Å²) in [4.78, 5) is 0. The molecule has 0 fully saturated rings. The van der Waals surface area contributed by atoms with Crippen LogP contribution in [0.4, 0.5) is 0 Å². The molecule has 0 amide bonds. The van der Waals surface area contributed by atoms with Crippen molar-refractivity contribution in [2.24, 2.45) is 5.92 Å². The van der Waals surface area contributed by atoms with E-state index in [-0.39, 0.29) is 0 Å². The molecule has 270 valence electrons. The molecule has 57 heavy (non-hydrogen) atoms. The zero-order chi connectivity index (χ0) is 37.9. The second kappa shape index (κ2) is 13.5. The van der Waals surface area contributed by atoms with Gasteiger partial charge in [-0.25, -0.2) is 0 Å². The van der Waals surface area contributed by atoms with Crippen molar-refractivity contribution < 1.29 is 0 Å². The van der Waals surface area contributed by atoms with E-state index in [0.717, 1.165) is 6.42 Å². The summed E-state index contributed by atoms with van der Waals surface area (Å²) in [5.41, 5.74) is 18.8. The fraction of sp³-hybridized carbons (Fsp3) is 0.0545. The third-order valence-corrected chi connectivity index (χ3v) is 12.0. The molecule has 10 aromatic rings. The van der Waals surface area contributed by atoms with Gasteiger partial charge < -0.3 is 9.13 Å². The maximum absolute atomic E-state index is 2.53. The van der Waals surface area contributed by atoms with Crippen molar-refractivity contribution in [3.63, 3.8) is 0 Å². The van der Waals surface area contributed by atoms with E-state index < -0.39 is 0 Å². The van der Waals surface area contributed by atoms with E-state index in [9.17, 15) is 0 Å². The molecular weight excluding hydrogens is 689 g/mol. The Hall–Kier alpha value is -7.16. The highest BCUT2D eigenvalue weighted by Crippen LogP contribution is 2.43. The van der Waals surface area contributed by atoms with Gasteiger partial charge in [0, 0.05) is 38.8 Å². The van der Waals surface area contributed by atoms with Crippen LogP contribution in [0.2, 0.25) is 0 Å². The third kappa shape index (κ3) is 5.64. The first-order chi connectivity index (χ1) is 28.2. The van der Waals surface area contributed by atoms with Crippen molar-refractivity contribution in [1.82, 2.24) is 9.13 Å². The second-order valence-electron chi connectivity index (χ2n) is 15.4. The molecule has 0 saturated heterocycles. The average Bonchev–Trinajstić information content (AvgIpc) is 3.78. The van der Waals surface area contributed by atoms with Gasteiger partial charge in [0.1, 0.15) is 0 Å². The fourth-order valence-corrected chi connectivity index (χ4v) is 9.24. The largest absolute Gasteiger partial charge is 0.313 e. The van der Waals surface area contributed by atoms with E-state index in [1.807, 2.05) is 0 Å². The van der Waals surface area contributed by atoms with Crippen LogP contribution in [0, 0.1) is 5.92 Å². The van der Waals surface area contributed by atoms with E-state index in [1.165, 1.54) is 99.9 Å². The normalized spacial score (nSPS) is 13.9. The van der Waals surface area contributed by atoms with E-state index in [1.54, 1.807) is 0 Å². The maximum Gasteiger partial charge on any atom is 0.0541 e. The molecule has 1 aliphatic carbocycles. The lowest BCUT2D eigenvalue weighted by Gasteiger charge is -2.24. The molecule has 2 nitrogen and oxygen atoms in total. The summed E-state index contributed by atoms with van der Waals surface area (Å²) in [6, 6.07) is 73.2. The van der Waals surface area contributed by atoms with Crippen molar-refractivity contribution in [3.8, 4) is 44.8 Å². The predicted molar refractivity (Wildman–Crippen MR) is 241 cm³/mol. The van der Waals surface area contributed by atoms with E-state index in [4.69, 9.17) is 0 Å². The number of para-hydroxylation sites is 2.